The molecule has 11 nitrogen and oxygen atoms in total. The zero-order valence-electron chi connectivity index (χ0n) is 20.0. The number of aldehydes is 1. The summed E-state index contributed by atoms with van der Waals surface area (Å²) < 4.78 is 0. The van der Waals surface area contributed by atoms with E-state index in [9.17, 15) is 29.1 Å². The van der Waals surface area contributed by atoms with E-state index in [1.54, 1.807) is 13.8 Å². The van der Waals surface area contributed by atoms with Crippen LogP contribution < -0.4 is 27.0 Å². The van der Waals surface area contributed by atoms with Gasteiger partial charge in [0.1, 0.15) is 24.4 Å². The van der Waals surface area contributed by atoms with Crippen molar-refractivity contribution < 1.29 is 29.1 Å². The van der Waals surface area contributed by atoms with E-state index >= 15 is 0 Å². The fourth-order valence-electron chi connectivity index (χ4n) is 2.80. The number of aliphatic hydroxyl groups is 1. The molecule has 0 spiro atoms. The average Bonchev–Trinajstić information content (AvgIpc) is 2.67. The first-order chi connectivity index (χ1) is 14.7. The Bertz CT molecular complexity index is 665. The summed E-state index contributed by atoms with van der Waals surface area (Å²) in [4.78, 5) is 60.8. The topological polar surface area (TPSA) is 180 Å². The van der Waals surface area contributed by atoms with E-state index < -0.39 is 59.9 Å². The molecule has 0 saturated heterocycles. The highest BCUT2D eigenvalue weighted by Gasteiger charge is 2.32. The Morgan fingerprint density at radius 3 is 1.69 bits per heavy atom. The first-order valence-corrected chi connectivity index (χ1v) is 10.8. The van der Waals surface area contributed by atoms with Crippen molar-refractivity contribution in [2.75, 3.05) is 0 Å². The highest BCUT2D eigenvalue weighted by atomic mass is 16.3. The Morgan fingerprint density at radius 2 is 1.28 bits per heavy atom. The van der Waals surface area contributed by atoms with Crippen LogP contribution in [0.2, 0.25) is 0 Å². The number of hydrogen-bond acceptors (Lipinski definition) is 7. The minimum Gasteiger partial charge on any atom is -0.391 e. The van der Waals surface area contributed by atoms with Gasteiger partial charge in [-0.2, -0.15) is 0 Å². The number of nitrogens with one attached hydrogen (secondary N) is 4. The van der Waals surface area contributed by atoms with Gasteiger partial charge < -0.3 is 36.9 Å². The Morgan fingerprint density at radius 1 is 0.781 bits per heavy atom. The van der Waals surface area contributed by atoms with Crippen molar-refractivity contribution in [2.45, 2.75) is 91.2 Å². The zero-order chi connectivity index (χ0) is 25.2. The lowest BCUT2D eigenvalue weighted by molar-refractivity contribution is -0.136. The van der Waals surface area contributed by atoms with Crippen LogP contribution >= 0.6 is 0 Å². The van der Waals surface area contributed by atoms with Crippen molar-refractivity contribution >= 4 is 29.9 Å². The van der Waals surface area contributed by atoms with Gasteiger partial charge in [0, 0.05) is 0 Å². The van der Waals surface area contributed by atoms with Crippen LogP contribution in [0.1, 0.15) is 54.9 Å². The number of hydrogen-bond donors (Lipinski definition) is 6. The highest BCUT2D eigenvalue weighted by Crippen LogP contribution is 2.06. The first-order valence-electron chi connectivity index (χ1n) is 10.8. The number of aliphatic hydroxyl groups excluding tert-OH is 1. The molecule has 0 radical (unpaired) electrons. The van der Waals surface area contributed by atoms with E-state index in [2.05, 4.69) is 21.3 Å². The summed E-state index contributed by atoms with van der Waals surface area (Å²) in [6, 6.07) is -4.86. The molecule has 0 aliphatic heterocycles. The van der Waals surface area contributed by atoms with Crippen molar-refractivity contribution in [1.29, 1.82) is 0 Å². The number of carbonyl (C=O) groups is 5. The molecule has 0 aromatic heterocycles. The molecule has 0 rings (SSSR count). The monoisotopic (exact) mass is 457 g/mol. The van der Waals surface area contributed by atoms with Gasteiger partial charge in [-0.1, -0.05) is 27.7 Å². The third-order valence-electron chi connectivity index (χ3n) is 4.69. The molecule has 0 aliphatic rings. The van der Waals surface area contributed by atoms with Gasteiger partial charge in [0.15, 0.2) is 0 Å². The van der Waals surface area contributed by atoms with Crippen LogP contribution in [-0.4, -0.2) is 71.3 Å². The highest BCUT2D eigenvalue weighted by molar-refractivity contribution is 5.95. The zero-order valence-corrected chi connectivity index (χ0v) is 20.0. The molecule has 0 aromatic carbocycles. The maximum Gasteiger partial charge on any atom is 0.245 e. The molecule has 4 amide bonds. The third kappa shape index (κ3) is 10.2. The summed E-state index contributed by atoms with van der Waals surface area (Å²) in [5.41, 5.74) is 5.49. The normalized spacial score (nSPS) is 16.8. The van der Waals surface area contributed by atoms with E-state index in [-0.39, 0.29) is 11.8 Å². The van der Waals surface area contributed by atoms with Gasteiger partial charge >= 0.3 is 0 Å². The number of nitrogens with two attached hydrogens (primary N) is 1. The van der Waals surface area contributed by atoms with Gasteiger partial charge in [-0.15, -0.1) is 0 Å². The van der Waals surface area contributed by atoms with Crippen LogP contribution in [0.5, 0.6) is 0 Å². The van der Waals surface area contributed by atoms with Gasteiger partial charge in [0.2, 0.25) is 23.6 Å². The largest absolute Gasteiger partial charge is 0.391 e. The van der Waals surface area contributed by atoms with Gasteiger partial charge in [-0.3, -0.25) is 19.2 Å². The lowest BCUT2D eigenvalue weighted by Crippen LogP contribution is -2.60. The van der Waals surface area contributed by atoms with Crippen molar-refractivity contribution in [3.63, 3.8) is 0 Å². The fourth-order valence-corrected chi connectivity index (χ4v) is 2.80. The maximum absolute atomic E-state index is 12.7. The van der Waals surface area contributed by atoms with E-state index in [1.807, 2.05) is 13.8 Å². The Hall–Kier alpha value is -2.53. The molecule has 184 valence electrons. The van der Waals surface area contributed by atoms with Crippen molar-refractivity contribution in [3.8, 4) is 0 Å². The smallest absolute Gasteiger partial charge is 0.245 e. The number of carbonyl (C=O) groups excluding carboxylic acids is 5. The van der Waals surface area contributed by atoms with E-state index in [1.165, 1.54) is 20.8 Å². The lowest BCUT2D eigenvalue weighted by atomic mass is 10.0. The van der Waals surface area contributed by atoms with Crippen LogP contribution in [0.15, 0.2) is 0 Å². The summed E-state index contributed by atoms with van der Waals surface area (Å²) in [6.07, 6.45) is -0.121. The molecular weight excluding hydrogens is 418 g/mol. The third-order valence-corrected chi connectivity index (χ3v) is 4.69. The quantitative estimate of drug-likeness (QED) is 0.183. The Balaban J connectivity index is 5.20. The predicted octanol–water partition coefficient (Wildman–Crippen LogP) is -1.43. The number of rotatable bonds is 13. The molecule has 0 heterocycles. The second kappa shape index (κ2) is 13.8. The summed E-state index contributed by atoms with van der Waals surface area (Å²) in [6.45, 7) is 11.4. The van der Waals surface area contributed by atoms with Gasteiger partial charge in [0.25, 0.3) is 0 Å². The Labute approximate surface area is 189 Å². The van der Waals surface area contributed by atoms with Gasteiger partial charge in [-0.05, 0) is 39.0 Å². The van der Waals surface area contributed by atoms with Crippen LogP contribution in [0, 0.1) is 11.8 Å². The summed E-state index contributed by atoms with van der Waals surface area (Å²) in [5, 5.41) is 19.9. The van der Waals surface area contributed by atoms with Crippen LogP contribution in [-0.2, 0) is 24.0 Å². The molecule has 0 saturated carbocycles. The second-order valence-electron chi connectivity index (χ2n) is 8.86. The second-order valence-corrected chi connectivity index (χ2v) is 8.86. The maximum atomic E-state index is 12.7. The van der Waals surface area contributed by atoms with Crippen LogP contribution in [0.4, 0.5) is 0 Å². The molecule has 7 N–H and O–H groups in total. The molecule has 0 bridgehead atoms. The van der Waals surface area contributed by atoms with E-state index in [4.69, 9.17) is 5.73 Å². The fraction of sp³-hybridized carbons (Fsp3) is 0.762. The van der Waals surface area contributed by atoms with Crippen molar-refractivity contribution in [1.82, 2.24) is 21.3 Å². The standard InChI is InChI=1S/C21H39N5O6/c1-10(2)8-15(9-27)24-19(30)13(6)23-20(31)16(11(3)4)25-21(32)17(14(7)28)26-18(29)12(5)22/h9-17,28H,8,22H2,1-7H3,(H,23,31)(H,24,30)(H,25,32)(H,26,29). The van der Waals surface area contributed by atoms with Gasteiger partial charge in [0.05, 0.1) is 18.2 Å². The Kier molecular flexibility index (Phi) is 12.7. The molecule has 0 fully saturated rings. The molecular formula is C21H39N5O6. The predicted molar refractivity (Wildman–Crippen MR) is 119 cm³/mol. The summed E-state index contributed by atoms with van der Waals surface area (Å²) in [5.74, 6) is -2.72. The minimum atomic E-state index is -1.31. The molecule has 6 unspecified atom stereocenters. The molecule has 0 aliphatic carbocycles. The summed E-state index contributed by atoms with van der Waals surface area (Å²) >= 11 is 0. The van der Waals surface area contributed by atoms with Crippen LogP contribution in [0.25, 0.3) is 0 Å². The number of amides is 4. The SMILES string of the molecule is CC(C)CC(C=O)NC(=O)C(C)NC(=O)C(NC(=O)C(NC(=O)C(C)N)C(C)O)C(C)C. The van der Waals surface area contributed by atoms with E-state index in [0.717, 1.165) is 0 Å². The first kappa shape index (κ1) is 29.5. The van der Waals surface area contributed by atoms with Gasteiger partial charge in [-0.25, -0.2) is 0 Å². The van der Waals surface area contributed by atoms with Crippen molar-refractivity contribution in [3.05, 3.63) is 0 Å². The minimum absolute atomic E-state index is 0.195. The van der Waals surface area contributed by atoms with Crippen molar-refractivity contribution in [2.24, 2.45) is 17.6 Å². The van der Waals surface area contributed by atoms with E-state index in [0.29, 0.717) is 12.7 Å². The molecule has 32 heavy (non-hydrogen) atoms. The average molecular weight is 458 g/mol. The molecule has 11 heteroatoms. The van der Waals surface area contributed by atoms with Crippen LogP contribution in [0.3, 0.4) is 0 Å². The molecule has 0 aromatic rings. The molecule has 6 atom stereocenters. The summed E-state index contributed by atoms with van der Waals surface area (Å²) in [7, 11) is 0. The lowest BCUT2D eigenvalue weighted by Gasteiger charge is -2.28.